The first-order valence-corrected chi connectivity index (χ1v) is 12.3. The van der Waals surface area contributed by atoms with Crippen LogP contribution in [0.2, 0.25) is 0 Å². The van der Waals surface area contributed by atoms with Crippen molar-refractivity contribution in [3.63, 3.8) is 0 Å². The quantitative estimate of drug-likeness (QED) is 0.350. The first kappa shape index (κ1) is 20.3. The standard InChI is InChI=1S/C25H18N2O4S2/c28-20(26-16-10-9-14-5-1-2-6-15(14)11-16)12-27-23-22(33-25(27)30)21-17-7-3-4-8-19(17)31-24(29)18(21)13-32-23/h1-11,18,21H,12-13H2,(H,26,28). The van der Waals surface area contributed by atoms with Gasteiger partial charge in [-0.05, 0) is 29.0 Å². The van der Waals surface area contributed by atoms with Crippen LogP contribution in [0, 0.1) is 5.92 Å². The maximum atomic E-state index is 12.9. The van der Waals surface area contributed by atoms with E-state index < -0.39 is 0 Å². The summed E-state index contributed by atoms with van der Waals surface area (Å²) in [5.41, 5.74) is 1.60. The van der Waals surface area contributed by atoms with Crippen LogP contribution in [0.3, 0.4) is 0 Å². The number of esters is 1. The summed E-state index contributed by atoms with van der Waals surface area (Å²) in [6.45, 7) is -0.0754. The number of aromatic nitrogens is 1. The number of carbonyl (C=O) groups excluding carboxylic acids is 2. The average Bonchev–Trinajstić information content (AvgIpc) is 3.14. The molecule has 8 heteroatoms. The van der Waals surface area contributed by atoms with Gasteiger partial charge in [0.15, 0.2) is 0 Å². The number of anilines is 1. The van der Waals surface area contributed by atoms with Gasteiger partial charge in [-0.15, -0.1) is 11.8 Å². The molecule has 2 aliphatic heterocycles. The number of hydrogen-bond donors (Lipinski definition) is 1. The van der Waals surface area contributed by atoms with Gasteiger partial charge in [0.25, 0.3) is 0 Å². The van der Waals surface area contributed by atoms with Gasteiger partial charge in [0.2, 0.25) is 5.91 Å². The molecule has 0 saturated heterocycles. The van der Waals surface area contributed by atoms with Crippen LogP contribution in [0.1, 0.15) is 16.4 Å². The van der Waals surface area contributed by atoms with Crippen molar-refractivity contribution >= 4 is 51.4 Å². The SMILES string of the molecule is O=C(Cn1c2c(sc1=O)C1c3ccccc3OC(=O)C1CS2)Nc1ccc2ccccc2c1. The van der Waals surface area contributed by atoms with Crippen molar-refractivity contribution in [3.05, 3.63) is 86.8 Å². The minimum atomic E-state index is -0.338. The smallest absolute Gasteiger partial charge is 0.316 e. The van der Waals surface area contributed by atoms with E-state index in [1.807, 2.05) is 60.7 Å². The molecule has 6 rings (SSSR count). The Bertz CT molecular complexity index is 1490. The fraction of sp³-hybridized carbons (Fsp3) is 0.160. The zero-order valence-electron chi connectivity index (χ0n) is 17.3. The summed E-state index contributed by atoms with van der Waals surface area (Å²) in [5, 5.41) is 5.80. The largest absolute Gasteiger partial charge is 0.426 e. The molecule has 0 fully saturated rings. The zero-order valence-corrected chi connectivity index (χ0v) is 18.9. The normalized spacial score (nSPS) is 18.7. The second-order valence-corrected chi connectivity index (χ2v) is 10.1. The summed E-state index contributed by atoms with van der Waals surface area (Å²) in [4.78, 5) is 39.0. The molecule has 0 spiro atoms. The van der Waals surface area contributed by atoms with E-state index in [0.29, 0.717) is 17.2 Å². The second-order valence-electron chi connectivity index (χ2n) is 8.09. The third-order valence-electron chi connectivity index (χ3n) is 6.06. The Balaban J connectivity index is 1.31. The van der Waals surface area contributed by atoms with E-state index in [2.05, 4.69) is 5.32 Å². The molecule has 4 aromatic rings. The lowest BCUT2D eigenvalue weighted by Crippen LogP contribution is -2.36. The zero-order chi connectivity index (χ0) is 22.5. The number of nitrogens with zero attached hydrogens (tertiary/aromatic N) is 1. The van der Waals surface area contributed by atoms with Gasteiger partial charge in [-0.1, -0.05) is 59.9 Å². The number of thioether (sulfide) groups is 1. The van der Waals surface area contributed by atoms with E-state index in [1.165, 1.54) is 16.3 Å². The van der Waals surface area contributed by atoms with Crippen LogP contribution in [0.25, 0.3) is 10.8 Å². The van der Waals surface area contributed by atoms with Gasteiger partial charge in [0, 0.05) is 27.8 Å². The number of nitrogens with one attached hydrogen (secondary N) is 1. The minimum Gasteiger partial charge on any atom is -0.426 e. The summed E-state index contributed by atoms with van der Waals surface area (Å²) in [5.74, 6) is -0.0372. The molecular formula is C25H18N2O4S2. The van der Waals surface area contributed by atoms with Crippen molar-refractivity contribution in [2.24, 2.45) is 5.92 Å². The molecule has 0 bridgehead atoms. The molecule has 2 unspecified atom stereocenters. The van der Waals surface area contributed by atoms with Crippen molar-refractivity contribution < 1.29 is 14.3 Å². The number of para-hydroxylation sites is 1. The van der Waals surface area contributed by atoms with Crippen LogP contribution >= 0.6 is 23.1 Å². The molecular weight excluding hydrogens is 456 g/mol. The van der Waals surface area contributed by atoms with Crippen molar-refractivity contribution in [2.75, 3.05) is 11.1 Å². The summed E-state index contributed by atoms with van der Waals surface area (Å²) in [6.07, 6.45) is 0. The third-order valence-corrected chi connectivity index (χ3v) is 8.49. The number of thiazole rings is 1. The molecule has 1 aromatic heterocycles. The predicted octanol–water partition coefficient (Wildman–Crippen LogP) is 4.47. The van der Waals surface area contributed by atoms with Gasteiger partial charge in [-0.3, -0.25) is 19.0 Å². The topological polar surface area (TPSA) is 77.4 Å². The summed E-state index contributed by atoms with van der Waals surface area (Å²) in [7, 11) is 0. The Morgan fingerprint density at radius 1 is 1.03 bits per heavy atom. The predicted molar refractivity (Wildman–Crippen MR) is 129 cm³/mol. The highest BCUT2D eigenvalue weighted by Crippen LogP contribution is 2.50. The van der Waals surface area contributed by atoms with Gasteiger partial charge in [0.05, 0.1) is 10.9 Å². The number of carbonyl (C=O) groups is 2. The second kappa shape index (κ2) is 7.90. The molecule has 33 heavy (non-hydrogen) atoms. The monoisotopic (exact) mass is 474 g/mol. The summed E-state index contributed by atoms with van der Waals surface area (Å²) in [6, 6.07) is 21.1. The minimum absolute atomic E-state index is 0.0754. The molecule has 0 radical (unpaired) electrons. The van der Waals surface area contributed by atoms with Gasteiger partial charge in [-0.2, -0.15) is 0 Å². The molecule has 0 saturated carbocycles. The first-order chi connectivity index (χ1) is 16.1. The molecule has 2 atom stereocenters. The van der Waals surface area contributed by atoms with Crippen LogP contribution in [0.4, 0.5) is 5.69 Å². The number of benzene rings is 3. The highest BCUT2D eigenvalue weighted by atomic mass is 32.2. The van der Waals surface area contributed by atoms with Crippen LogP contribution in [0.5, 0.6) is 5.75 Å². The maximum absolute atomic E-state index is 12.9. The number of rotatable bonds is 3. The van der Waals surface area contributed by atoms with E-state index in [-0.39, 0.29) is 35.1 Å². The number of amides is 1. The molecule has 0 aliphatic carbocycles. The van der Waals surface area contributed by atoms with Gasteiger partial charge >= 0.3 is 10.8 Å². The summed E-state index contributed by atoms with van der Waals surface area (Å²) >= 11 is 2.56. The van der Waals surface area contributed by atoms with Crippen LogP contribution in [0.15, 0.2) is 76.6 Å². The van der Waals surface area contributed by atoms with E-state index in [4.69, 9.17) is 4.74 Å². The van der Waals surface area contributed by atoms with E-state index in [1.54, 1.807) is 6.07 Å². The molecule has 1 amide bonds. The number of hydrogen-bond acceptors (Lipinski definition) is 6. The average molecular weight is 475 g/mol. The van der Waals surface area contributed by atoms with Crippen molar-refractivity contribution in [1.29, 1.82) is 0 Å². The maximum Gasteiger partial charge on any atom is 0.316 e. The Hall–Kier alpha value is -3.36. The molecule has 6 nitrogen and oxygen atoms in total. The van der Waals surface area contributed by atoms with Crippen molar-refractivity contribution in [2.45, 2.75) is 17.5 Å². The number of ether oxygens (including phenoxy) is 1. The third kappa shape index (κ3) is 3.46. The highest BCUT2D eigenvalue weighted by molar-refractivity contribution is 7.99. The van der Waals surface area contributed by atoms with E-state index in [0.717, 1.165) is 37.6 Å². The molecule has 3 heterocycles. The molecule has 3 aromatic carbocycles. The van der Waals surface area contributed by atoms with Crippen LogP contribution < -0.4 is 14.9 Å². The van der Waals surface area contributed by atoms with Crippen LogP contribution in [-0.4, -0.2) is 22.2 Å². The Kier molecular flexibility index (Phi) is 4.85. The summed E-state index contributed by atoms with van der Waals surface area (Å²) < 4.78 is 7.05. The molecule has 1 N–H and O–H groups in total. The first-order valence-electron chi connectivity index (χ1n) is 10.5. The van der Waals surface area contributed by atoms with Gasteiger partial charge in [0.1, 0.15) is 12.3 Å². The lowest BCUT2D eigenvalue weighted by Gasteiger charge is -2.34. The fourth-order valence-electron chi connectivity index (χ4n) is 4.53. The van der Waals surface area contributed by atoms with Crippen molar-refractivity contribution in [1.82, 2.24) is 4.57 Å². The van der Waals surface area contributed by atoms with Crippen molar-refractivity contribution in [3.8, 4) is 5.75 Å². The van der Waals surface area contributed by atoms with Gasteiger partial charge < -0.3 is 10.1 Å². The van der Waals surface area contributed by atoms with E-state index >= 15 is 0 Å². The lowest BCUT2D eigenvalue weighted by molar-refractivity contribution is -0.140. The Labute approximate surface area is 197 Å². The van der Waals surface area contributed by atoms with Gasteiger partial charge in [-0.25, -0.2) is 0 Å². The molecule has 2 aliphatic rings. The van der Waals surface area contributed by atoms with Crippen LogP contribution in [-0.2, 0) is 16.1 Å². The Morgan fingerprint density at radius 3 is 2.70 bits per heavy atom. The number of fused-ring (bicyclic) bond motifs is 6. The lowest BCUT2D eigenvalue weighted by atomic mass is 9.83. The Morgan fingerprint density at radius 2 is 1.82 bits per heavy atom. The highest BCUT2D eigenvalue weighted by Gasteiger charge is 2.44. The molecule has 164 valence electrons. The van der Waals surface area contributed by atoms with E-state index in [9.17, 15) is 14.4 Å². The fourth-order valence-corrected chi connectivity index (χ4v) is 7.19.